The van der Waals surface area contributed by atoms with Crippen molar-refractivity contribution in [1.29, 1.82) is 0 Å². The molecule has 0 saturated carbocycles. The quantitative estimate of drug-likeness (QED) is 0.806. The van der Waals surface area contributed by atoms with Gasteiger partial charge in [-0.1, -0.05) is 12.1 Å². The molecule has 2 aliphatic heterocycles. The summed E-state index contributed by atoms with van der Waals surface area (Å²) in [6.07, 6.45) is -0.579. The number of nitrogens with one attached hydrogen (secondary N) is 1. The standard InChI is InChI=1S/C13H14N2O4/c16-12(15-6-8(7-15)13(17)18)11-5-14-9-3-1-2-4-10(9)19-11/h1-4,8,11,14H,5-7H2,(H,17,18). The summed E-state index contributed by atoms with van der Waals surface area (Å²) in [4.78, 5) is 24.4. The molecule has 2 aliphatic rings. The monoisotopic (exact) mass is 262 g/mol. The Morgan fingerprint density at radius 2 is 2.05 bits per heavy atom. The first-order valence-electron chi connectivity index (χ1n) is 6.16. The number of hydrogen-bond acceptors (Lipinski definition) is 4. The van der Waals surface area contributed by atoms with Crippen LogP contribution in [-0.4, -0.2) is 47.6 Å². The maximum atomic E-state index is 12.1. The van der Waals surface area contributed by atoms with Crippen molar-refractivity contribution in [3.63, 3.8) is 0 Å². The summed E-state index contributed by atoms with van der Waals surface area (Å²) in [5.74, 6) is -0.785. The first-order valence-corrected chi connectivity index (χ1v) is 6.16. The molecule has 1 saturated heterocycles. The molecule has 3 rings (SSSR count). The molecule has 1 atom stereocenters. The molecule has 0 radical (unpaired) electrons. The van der Waals surface area contributed by atoms with Crippen LogP contribution in [-0.2, 0) is 9.59 Å². The Balaban J connectivity index is 1.63. The van der Waals surface area contributed by atoms with Crippen LogP contribution < -0.4 is 10.1 Å². The molecule has 6 heteroatoms. The summed E-state index contributed by atoms with van der Waals surface area (Å²) in [5, 5.41) is 11.9. The lowest BCUT2D eigenvalue weighted by Crippen LogP contribution is -2.58. The molecule has 100 valence electrons. The molecule has 1 amide bonds. The second-order valence-electron chi connectivity index (χ2n) is 4.76. The maximum Gasteiger partial charge on any atom is 0.310 e. The number of fused-ring (bicyclic) bond motifs is 1. The Hall–Kier alpha value is -2.24. The second-order valence-corrected chi connectivity index (χ2v) is 4.76. The second kappa shape index (κ2) is 4.46. The van der Waals surface area contributed by atoms with Crippen molar-refractivity contribution >= 4 is 17.6 Å². The van der Waals surface area contributed by atoms with E-state index in [1.165, 1.54) is 4.90 Å². The molecule has 1 unspecified atom stereocenters. The third kappa shape index (κ3) is 2.09. The minimum absolute atomic E-state index is 0.153. The molecule has 2 N–H and O–H groups in total. The molecule has 1 aromatic carbocycles. The van der Waals surface area contributed by atoms with Crippen LogP contribution in [0.1, 0.15) is 0 Å². The Morgan fingerprint density at radius 1 is 1.32 bits per heavy atom. The van der Waals surface area contributed by atoms with Crippen molar-refractivity contribution in [3.05, 3.63) is 24.3 Å². The van der Waals surface area contributed by atoms with Gasteiger partial charge in [-0.2, -0.15) is 0 Å². The fourth-order valence-corrected chi connectivity index (χ4v) is 2.27. The van der Waals surface area contributed by atoms with Gasteiger partial charge in [-0.05, 0) is 12.1 Å². The van der Waals surface area contributed by atoms with Crippen LogP contribution in [0.2, 0.25) is 0 Å². The third-order valence-electron chi connectivity index (χ3n) is 3.45. The van der Waals surface area contributed by atoms with Crippen molar-refractivity contribution in [2.24, 2.45) is 5.92 Å². The number of amides is 1. The molecule has 0 spiro atoms. The average Bonchev–Trinajstić information content (AvgIpc) is 2.35. The van der Waals surface area contributed by atoms with Crippen LogP contribution in [0.25, 0.3) is 0 Å². The van der Waals surface area contributed by atoms with Crippen molar-refractivity contribution in [1.82, 2.24) is 4.90 Å². The van der Waals surface area contributed by atoms with E-state index in [-0.39, 0.29) is 19.0 Å². The smallest absolute Gasteiger partial charge is 0.310 e. The number of para-hydroxylation sites is 2. The van der Waals surface area contributed by atoms with E-state index in [1.807, 2.05) is 18.2 Å². The van der Waals surface area contributed by atoms with Crippen molar-refractivity contribution in [3.8, 4) is 5.75 Å². The number of benzene rings is 1. The van der Waals surface area contributed by atoms with E-state index in [0.717, 1.165) is 5.69 Å². The zero-order chi connectivity index (χ0) is 13.4. The van der Waals surface area contributed by atoms with Crippen molar-refractivity contribution in [2.75, 3.05) is 25.0 Å². The summed E-state index contributed by atoms with van der Waals surface area (Å²) in [5.41, 5.74) is 0.874. The highest BCUT2D eigenvalue weighted by atomic mass is 16.5. The first kappa shape index (κ1) is 11.8. The molecule has 0 aromatic heterocycles. The summed E-state index contributed by atoms with van der Waals surface area (Å²) >= 11 is 0. The number of hydrogen-bond donors (Lipinski definition) is 2. The number of likely N-dealkylation sites (tertiary alicyclic amines) is 1. The van der Waals surface area contributed by atoms with Gasteiger partial charge in [0.2, 0.25) is 0 Å². The zero-order valence-electron chi connectivity index (χ0n) is 10.2. The van der Waals surface area contributed by atoms with Crippen LogP contribution in [0.4, 0.5) is 5.69 Å². The molecular formula is C13H14N2O4. The van der Waals surface area contributed by atoms with Gasteiger partial charge in [0.25, 0.3) is 5.91 Å². The molecule has 19 heavy (non-hydrogen) atoms. The first-order chi connectivity index (χ1) is 9.15. The topological polar surface area (TPSA) is 78.9 Å². The van der Waals surface area contributed by atoms with Gasteiger partial charge in [-0.3, -0.25) is 9.59 Å². The maximum absolute atomic E-state index is 12.1. The largest absolute Gasteiger partial charge is 0.481 e. The minimum Gasteiger partial charge on any atom is -0.481 e. The van der Waals surface area contributed by atoms with Gasteiger partial charge in [0.15, 0.2) is 6.10 Å². The average molecular weight is 262 g/mol. The number of anilines is 1. The molecule has 1 aromatic rings. The molecule has 1 fully saturated rings. The van der Waals surface area contributed by atoms with E-state index in [4.69, 9.17) is 9.84 Å². The van der Waals surface area contributed by atoms with E-state index < -0.39 is 18.0 Å². The lowest BCUT2D eigenvalue weighted by Gasteiger charge is -2.39. The van der Waals surface area contributed by atoms with E-state index in [2.05, 4.69) is 5.32 Å². The number of carbonyl (C=O) groups is 2. The summed E-state index contributed by atoms with van der Waals surface area (Å²) in [6.45, 7) is 0.954. The predicted octanol–water partition coefficient (Wildman–Crippen LogP) is 0.402. The molecule has 0 aliphatic carbocycles. The van der Waals surface area contributed by atoms with Gasteiger partial charge in [0.05, 0.1) is 18.2 Å². The minimum atomic E-state index is -0.850. The van der Waals surface area contributed by atoms with Gasteiger partial charge in [-0.15, -0.1) is 0 Å². The van der Waals surface area contributed by atoms with Gasteiger partial charge in [-0.25, -0.2) is 0 Å². The summed E-state index contributed by atoms with van der Waals surface area (Å²) in [7, 11) is 0. The van der Waals surface area contributed by atoms with E-state index in [0.29, 0.717) is 12.3 Å². The number of rotatable bonds is 2. The number of carboxylic acid groups (broad SMARTS) is 1. The Kier molecular flexibility index (Phi) is 2.77. The number of ether oxygens (including phenoxy) is 1. The molecule has 6 nitrogen and oxygen atoms in total. The van der Waals surface area contributed by atoms with Crippen LogP contribution in [0.15, 0.2) is 24.3 Å². The van der Waals surface area contributed by atoms with E-state index >= 15 is 0 Å². The van der Waals surface area contributed by atoms with Gasteiger partial charge < -0.3 is 20.1 Å². The van der Waals surface area contributed by atoms with Gasteiger partial charge >= 0.3 is 5.97 Å². The summed E-state index contributed by atoms with van der Waals surface area (Å²) < 4.78 is 5.65. The zero-order valence-corrected chi connectivity index (χ0v) is 10.2. The van der Waals surface area contributed by atoms with Crippen molar-refractivity contribution in [2.45, 2.75) is 6.10 Å². The lowest BCUT2D eigenvalue weighted by molar-refractivity contribution is -0.155. The molecule has 2 heterocycles. The fraction of sp³-hybridized carbons (Fsp3) is 0.385. The molecule has 0 bridgehead atoms. The van der Waals surface area contributed by atoms with E-state index in [1.54, 1.807) is 6.07 Å². The Labute approximate surface area is 110 Å². The van der Waals surface area contributed by atoms with Crippen LogP contribution >= 0.6 is 0 Å². The predicted molar refractivity (Wildman–Crippen MR) is 67.1 cm³/mol. The van der Waals surface area contributed by atoms with Crippen LogP contribution in [0, 0.1) is 5.92 Å². The number of nitrogens with zero attached hydrogens (tertiary/aromatic N) is 1. The summed E-state index contributed by atoms with van der Waals surface area (Å²) in [6, 6.07) is 7.43. The van der Waals surface area contributed by atoms with Crippen molar-refractivity contribution < 1.29 is 19.4 Å². The highest BCUT2D eigenvalue weighted by molar-refractivity contribution is 5.85. The lowest BCUT2D eigenvalue weighted by atomic mass is 9.99. The highest BCUT2D eigenvalue weighted by Gasteiger charge is 2.39. The third-order valence-corrected chi connectivity index (χ3v) is 3.45. The van der Waals surface area contributed by atoms with Crippen LogP contribution in [0.3, 0.4) is 0 Å². The van der Waals surface area contributed by atoms with E-state index in [9.17, 15) is 9.59 Å². The van der Waals surface area contributed by atoms with Gasteiger partial charge in [0, 0.05) is 13.1 Å². The number of carbonyl (C=O) groups excluding carboxylic acids is 1. The Morgan fingerprint density at radius 3 is 2.79 bits per heavy atom. The SMILES string of the molecule is O=C(O)C1CN(C(=O)C2CNc3ccccc3O2)C1. The van der Waals surface area contributed by atoms with Gasteiger partial charge in [0.1, 0.15) is 5.75 Å². The van der Waals surface area contributed by atoms with Crippen LogP contribution in [0.5, 0.6) is 5.75 Å². The number of carboxylic acids is 1. The normalized spacial score (nSPS) is 21.7. The molecular weight excluding hydrogens is 248 g/mol. The highest BCUT2D eigenvalue weighted by Crippen LogP contribution is 2.29. The number of aliphatic carboxylic acids is 1. The Bertz CT molecular complexity index is 525. The fourth-order valence-electron chi connectivity index (χ4n) is 2.27.